The van der Waals surface area contributed by atoms with Crippen LogP contribution in [0.25, 0.3) is 0 Å². The molecule has 1 aliphatic heterocycles. The van der Waals surface area contributed by atoms with E-state index in [4.69, 9.17) is 0 Å². The number of hydrazine groups is 1. The fourth-order valence-corrected chi connectivity index (χ4v) is 3.09. The van der Waals surface area contributed by atoms with Crippen molar-refractivity contribution in [3.8, 4) is 0 Å². The Morgan fingerprint density at radius 3 is 2.33 bits per heavy atom. The summed E-state index contributed by atoms with van der Waals surface area (Å²) in [5.74, 6) is 0.923. The van der Waals surface area contributed by atoms with Crippen LogP contribution in [0.2, 0.25) is 0 Å². The topological polar surface area (TPSA) is 41.0 Å². The van der Waals surface area contributed by atoms with Gasteiger partial charge in [0.1, 0.15) is 5.82 Å². The van der Waals surface area contributed by atoms with Gasteiger partial charge in [0, 0.05) is 29.0 Å². The Labute approximate surface area is 114 Å². The van der Waals surface area contributed by atoms with E-state index in [1.165, 1.54) is 30.8 Å². The molecule has 0 saturated carbocycles. The number of hydrogen-bond donors (Lipinski definition) is 1. The lowest BCUT2D eigenvalue weighted by atomic mass is 9.96. The Morgan fingerprint density at radius 2 is 1.83 bits per heavy atom. The van der Waals surface area contributed by atoms with E-state index in [2.05, 4.69) is 54.4 Å². The fourth-order valence-electron chi connectivity index (χ4n) is 2.33. The van der Waals surface area contributed by atoms with Gasteiger partial charge in [-0.05, 0) is 26.7 Å². The molecule has 1 aromatic heterocycles. The van der Waals surface area contributed by atoms with Crippen LogP contribution >= 0.6 is 11.5 Å². The van der Waals surface area contributed by atoms with Crippen LogP contribution in [0.4, 0.5) is 5.13 Å². The highest BCUT2D eigenvalue weighted by atomic mass is 32.1. The molecule has 0 radical (unpaired) electrons. The van der Waals surface area contributed by atoms with E-state index < -0.39 is 0 Å². The van der Waals surface area contributed by atoms with E-state index in [-0.39, 0.29) is 5.41 Å². The first-order chi connectivity index (χ1) is 8.38. The number of piperidine rings is 1. The molecule has 0 bridgehead atoms. The molecule has 18 heavy (non-hydrogen) atoms. The van der Waals surface area contributed by atoms with Crippen LogP contribution in [0.15, 0.2) is 0 Å². The van der Waals surface area contributed by atoms with Crippen LogP contribution in [0.1, 0.15) is 59.7 Å². The van der Waals surface area contributed by atoms with Crippen molar-refractivity contribution >= 4 is 16.7 Å². The summed E-state index contributed by atoms with van der Waals surface area (Å²) in [7, 11) is 0. The minimum atomic E-state index is 0.0234. The summed E-state index contributed by atoms with van der Waals surface area (Å²) in [5, 5.41) is 3.25. The summed E-state index contributed by atoms with van der Waals surface area (Å²) >= 11 is 1.46. The summed E-state index contributed by atoms with van der Waals surface area (Å²) in [6, 6.07) is 1.13. The third-order valence-corrected chi connectivity index (χ3v) is 4.13. The van der Waals surface area contributed by atoms with Gasteiger partial charge in [0.15, 0.2) is 0 Å². The minimum absolute atomic E-state index is 0.0234. The van der Waals surface area contributed by atoms with E-state index >= 15 is 0 Å². The van der Waals surface area contributed by atoms with E-state index in [1.807, 2.05) is 0 Å². The predicted octanol–water partition coefficient (Wildman–Crippen LogP) is 3.43. The molecule has 2 atom stereocenters. The molecule has 0 spiro atoms. The van der Waals surface area contributed by atoms with E-state index in [9.17, 15) is 0 Å². The van der Waals surface area contributed by atoms with Gasteiger partial charge in [-0.1, -0.05) is 27.2 Å². The lowest BCUT2D eigenvalue weighted by molar-refractivity contribution is 0.135. The first-order valence-electron chi connectivity index (χ1n) is 6.77. The maximum atomic E-state index is 4.60. The molecule has 1 N–H and O–H groups in total. The Morgan fingerprint density at radius 1 is 1.22 bits per heavy atom. The molecular formula is C13H24N4S. The zero-order valence-corrected chi connectivity index (χ0v) is 12.8. The van der Waals surface area contributed by atoms with Crippen LogP contribution in [0.5, 0.6) is 0 Å². The Bertz CT molecular complexity index is 386. The van der Waals surface area contributed by atoms with E-state index in [0.717, 1.165) is 11.0 Å². The van der Waals surface area contributed by atoms with Crippen molar-refractivity contribution in [1.82, 2.24) is 14.4 Å². The van der Waals surface area contributed by atoms with Gasteiger partial charge in [-0.2, -0.15) is 4.37 Å². The van der Waals surface area contributed by atoms with Crippen LogP contribution in [0, 0.1) is 0 Å². The molecule has 0 amide bonds. The van der Waals surface area contributed by atoms with Crippen LogP contribution < -0.4 is 5.43 Å². The second-order valence-electron chi connectivity index (χ2n) is 6.32. The molecule has 1 aromatic rings. The van der Waals surface area contributed by atoms with Crippen molar-refractivity contribution in [2.45, 2.75) is 71.4 Å². The van der Waals surface area contributed by atoms with Crippen molar-refractivity contribution in [1.29, 1.82) is 0 Å². The fraction of sp³-hybridized carbons (Fsp3) is 0.846. The van der Waals surface area contributed by atoms with Crippen molar-refractivity contribution < 1.29 is 0 Å². The van der Waals surface area contributed by atoms with Crippen LogP contribution in [-0.2, 0) is 5.41 Å². The maximum Gasteiger partial charge on any atom is 0.217 e. The Balaban J connectivity index is 2.06. The molecule has 5 heteroatoms. The third-order valence-electron chi connectivity index (χ3n) is 3.52. The lowest BCUT2D eigenvalue weighted by Crippen LogP contribution is -2.47. The second kappa shape index (κ2) is 5.13. The average Bonchev–Trinajstić information content (AvgIpc) is 2.72. The van der Waals surface area contributed by atoms with Gasteiger partial charge in [0.2, 0.25) is 5.13 Å². The first-order valence-corrected chi connectivity index (χ1v) is 7.54. The number of aromatic nitrogens is 2. The molecule has 2 heterocycles. The van der Waals surface area contributed by atoms with Gasteiger partial charge in [0.25, 0.3) is 0 Å². The van der Waals surface area contributed by atoms with Gasteiger partial charge in [0.05, 0.1) is 0 Å². The number of nitrogens with one attached hydrogen (secondary N) is 1. The van der Waals surface area contributed by atoms with Crippen molar-refractivity contribution in [3.05, 3.63) is 5.82 Å². The highest BCUT2D eigenvalue weighted by molar-refractivity contribution is 7.09. The SMILES string of the molecule is CC1CCCC(C)N1Nc1nc(C(C)(C)C)ns1. The molecule has 2 rings (SSSR count). The minimum Gasteiger partial charge on any atom is -0.293 e. The van der Waals surface area contributed by atoms with Crippen molar-refractivity contribution in [2.75, 3.05) is 5.43 Å². The predicted molar refractivity (Wildman–Crippen MR) is 76.8 cm³/mol. The highest BCUT2D eigenvalue weighted by Gasteiger charge is 2.26. The van der Waals surface area contributed by atoms with Gasteiger partial charge in [-0.3, -0.25) is 5.43 Å². The summed E-state index contributed by atoms with van der Waals surface area (Å²) in [5.41, 5.74) is 3.47. The highest BCUT2D eigenvalue weighted by Crippen LogP contribution is 2.26. The molecule has 102 valence electrons. The summed E-state index contributed by atoms with van der Waals surface area (Å²) in [6.45, 7) is 11.0. The molecule has 4 nitrogen and oxygen atoms in total. The third kappa shape index (κ3) is 3.01. The molecule has 1 aliphatic rings. The van der Waals surface area contributed by atoms with Crippen molar-refractivity contribution in [2.24, 2.45) is 0 Å². The summed E-state index contributed by atoms with van der Waals surface area (Å²) in [6.07, 6.45) is 3.83. The van der Waals surface area contributed by atoms with Crippen LogP contribution in [-0.4, -0.2) is 26.5 Å². The molecule has 0 aromatic carbocycles. The number of hydrogen-bond acceptors (Lipinski definition) is 5. The monoisotopic (exact) mass is 268 g/mol. The van der Waals surface area contributed by atoms with E-state index in [1.54, 1.807) is 0 Å². The van der Waals surface area contributed by atoms with Gasteiger partial charge in [-0.25, -0.2) is 9.99 Å². The molecule has 1 saturated heterocycles. The molecular weight excluding hydrogens is 244 g/mol. The van der Waals surface area contributed by atoms with Gasteiger partial charge < -0.3 is 0 Å². The largest absolute Gasteiger partial charge is 0.293 e. The summed E-state index contributed by atoms with van der Waals surface area (Å²) < 4.78 is 4.44. The standard InChI is InChI=1S/C13H24N4S/c1-9-7-6-8-10(2)17(9)15-12-14-11(16-18-12)13(3,4)5/h9-10H,6-8H2,1-5H3,(H,14,15,16). The van der Waals surface area contributed by atoms with E-state index in [0.29, 0.717) is 12.1 Å². The lowest BCUT2D eigenvalue weighted by Gasteiger charge is -2.38. The zero-order valence-electron chi connectivity index (χ0n) is 12.0. The average molecular weight is 268 g/mol. The normalized spacial score (nSPS) is 26.3. The van der Waals surface area contributed by atoms with Crippen LogP contribution in [0.3, 0.4) is 0 Å². The molecule has 1 fully saturated rings. The Hall–Kier alpha value is -0.680. The number of anilines is 1. The zero-order chi connectivity index (χ0) is 13.3. The maximum absolute atomic E-state index is 4.60. The van der Waals surface area contributed by atoms with Gasteiger partial charge >= 0.3 is 0 Å². The van der Waals surface area contributed by atoms with Crippen molar-refractivity contribution in [3.63, 3.8) is 0 Å². The molecule has 2 unspecified atom stereocenters. The second-order valence-corrected chi connectivity index (χ2v) is 7.07. The number of rotatable bonds is 2. The first kappa shape index (κ1) is 13.7. The Kier molecular flexibility index (Phi) is 3.92. The van der Waals surface area contributed by atoms with Gasteiger partial charge in [-0.15, -0.1) is 0 Å². The smallest absolute Gasteiger partial charge is 0.217 e. The summed E-state index contributed by atoms with van der Waals surface area (Å²) in [4.78, 5) is 4.60. The molecule has 0 aliphatic carbocycles. The quantitative estimate of drug-likeness (QED) is 0.892. The number of nitrogens with zero attached hydrogens (tertiary/aromatic N) is 3.